The molecule has 4 aliphatic rings. The normalized spacial score (nSPS) is 23.6. The fourth-order valence-corrected chi connectivity index (χ4v) is 5.31. The van der Waals surface area contributed by atoms with Crippen LogP contribution in [0, 0.1) is 16.7 Å². The summed E-state index contributed by atoms with van der Waals surface area (Å²) in [5.74, 6) is -3.76. The highest BCUT2D eigenvalue weighted by atomic mass is 19.3. The van der Waals surface area contributed by atoms with E-state index in [4.69, 9.17) is 0 Å². The first-order valence-corrected chi connectivity index (χ1v) is 12.5. The number of aromatic nitrogens is 1. The Morgan fingerprint density at radius 3 is 2.40 bits per heavy atom. The van der Waals surface area contributed by atoms with Crippen LogP contribution in [0.5, 0.6) is 0 Å². The van der Waals surface area contributed by atoms with Crippen molar-refractivity contribution in [1.29, 1.82) is 5.26 Å². The number of likely N-dealkylation sites (tertiary alicyclic amines) is 2. The summed E-state index contributed by atoms with van der Waals surface area (Å²) in [7, 11) is 0. The van der Waals surface area contributed by atoms with Gasteiger partial charge in [0.25, 0.3) is 5.92 Å². The zero-order chi connectivity index (χ0) is 24.7. The summed E-state index contributed by atoms with van der Waals surface area (Å²) in [6.45, 7) is 3.37. The first-order valence-electron chi connectivity index (χ1n) is 12.5. The zero-order valence-corrected chi connectivity index (χ0v) is 19.8. The number of pyridine rings is 1. The molecule has 0 bridgehead atoms. The van der Waals surface area contributed by atoms with Gasteiger partial charge in [-0.15, -0.1) is 0 Å². The summed E-state index contributed by atoms with van der Waals surface area (Å²) in [6.07, 6.45) is 7.48. The Morgan fingerprint density at radius 1 is 1.17 bits per heavy atom. The summed E-state index contributed by atoms with van der Waals surface area (Å²) >= 11 is 0. The molecule has 3 amide bonds. The van der Waals surface area contributed by atoms with E-state index < -0.39 is 35.9 Å². The van der Waals surface area contributed by atoms with E-state index in [2.05, 4.69) is 26.6 Å². The number of hydrogen-bond donors (Lipinski definition) is 2. The van der Waals surface area contributed by atoms with Crippen molar-refractivity contribution in [3.05, 3.63) is 30.1 Å². The Morgan fingerprint density at radius 2 is 1.83 bits per heavy atom. The molecule has 2 aliphatic carbocycles. The zero-order valence-electron chi connectivity index (χ0n) is 19.8. The molecule has 0 aromatic carbocycles. The van der Waals surface area contributed by atoms with Gasteiger partial charge < -0.3 is 20.4 Å². The number of alkyl halides is 2. The van der Waals surface area contributed by atoms with Gasteiger partial charge >= 0.3 is 6.03 Å². The lowest BCUT2D eigenvalue weighted by Crippen LogP contribution is -2.65. The van der Waals surface area contributed by atoms with Crippen molar-refractivity contribution in [2.45, 2.75) is 74.9 Å². The van der Waals surface area contributed by atoms with E-state index in [1.165, 1.54) is 37.4 Å². The summed E-state index contributed by atoms with van der Waals surface area (Å²) in [6, 6.07) is 3.77. The van der Waals surface area contributed by atoms with Gasteiger partial charge in [0.15, 0.2) is 0 Å². The average Bonchev–Trinajstić information content (AvgIpc) is 3.76. The number of rotatable bonds is 8. The number of carbonyl (C=O) groups is 2. The van der Waals surface area contributed by atoms with Gasteiger partial charge in [0.2, 0.25) is 5.91 Å². The number of nitrogens with one attached hydrogen (secondary N) is 2. The number of piperidine rings is 1. The van der Waals surface area contributed by atoms with Crippen LogP contribution in [0.2, 0.25) is 0 Å². The minimum Gasteiger partial charge on any atom is -0.336 e. The Hall–Kier alpha value is -2.80. The molecular weight excluding hydrogens is 454 g/mol. The molecule has 0 radical (unpaired) electrons. The maximum Gasteiger partial charge on any atom is 0.318 e. The molecule has 3 heterocycles. The van der Waals surface area contributed by atoms with Crippen LogP contribution in [0.25, 0.3) is 0 Å². The highest BCUT2D eigenvalue weighted by Crippen LogP contribution is 2.43. The molecule has 4 fully saturated rings. The van der Waals surface area contributed by atoms with Gasteiger partial charge in [0.05, 0.1) is 6.07 Å². The minimum atomic E-state index is -3.17. The van der Waals surface area contributed by atoms with E-state index in [1.807, 2.05) is 0 Å². The second-order valence-electron chi connectivity index (χ2n) is 10.8. The van der Waals surface area contributed by atoms with Crippen LogP contribution in [0.1, 0.15) is 56.9 Å². The molecule has 1 aromatic rings. The Bertz CT molecular complexity index is 989. The molecule has 1 aromatic heterocycles. The van der Waals surface area contributed by atoms with Gasteiger partial charge in [-0.3, -0.25) is 9.78 Å². The van der Waals surface area contributed by atoms with Crippen LogP contribution in [-0.2, 0) is 10.7 Å². The van der Waals surface area contributed by atoms with E-state index in [1.54, 1.807) is 4.90 Å². The highest BCUT2D eigenvalue weighted by Gasteiger charge is 2.49. The van der Waals surface area contributed by atoms with Crippen molar-refractivity contribution < 1.29 is 18.4 Å². The Kier molecular flexibility index (Phi) is 6.16. The number of carbonyl (C=O) groups excluding carboxylic acids is 2. The van der Waals surface area contributed by atoms with Gasteiger partial charge in [-0.25, -0.2) is 13.6 Å². The number of hydrogen-bond acceptors (Lipinski definition) is 5. The standard InChI is InChI=1S/C25H32F2N6O2/c26-25(27,18-4-11-29-12-5-18)6-3-20(21(34)31-24(15-28)7-8-24)30-22(35)33-16-23(17-33)9-13-32(14-10-23)19-1-2-19/h4-5,11-12,19-20H,1-3,6-10,13-14,16-17H2,(H,30,35)(H,31,34). The molecule has 10 heteroatoms. The largest absolute Gasteiger partial charge is 0.336 e. The molecule has 8 nitrogen and oxygen atoms in total. The fourth-order valence-electron chi connectivity index (χ4n) is 5.31. The SMILES string of the molecule is N#CC1(NC(=O)C(CCC(F)(F)c2ccncc2)NC(=O)N2CC3(CCN(C4CC4)CC3)C2)CC1. The molecule has 5 rings (SSSR count). The minimum absolute atomic E-state index is 0.133. The van der Waals surface area contributed by atoms with Crippen LogP contribution in [-0.4, -0.2) is 70.5 Å². The summed E-state index contributed by atoms with van der Waals surface area (Å²) in [5.41, 5.74) is -0.992. The lowest BCUT2D eigenvalue weighted by Gasteiger charge is -2.54. The molecular formula is C25H32F2N6O2. The molecule has 1 unspecified atom stereocenters. The van der Waals surface area contributed by atoms with Crippen molar-refractivity contribution in [1.82, 2.24) is 25.4 Å². The van der Waals surface area contributed by atoms with Crippen LogP contribution < -0.4 is 10.6 Å². The lowest BCUT2D eigenvalue weighted by atomic mass is 9.72. The third kappa shape index (κ3) is 5.25. The fraction of sp³-hybridized carbons (Fsp3) is 0.680. The quantitative estimate of drug-likeness (QED) is 0.589. The van der Waals surface area contributed by atoms with Crippen molar-refractivity contribution in [2.24, 2.45) is 5.41 Å². The maximum absolute atomic E-state index is 14.8. The molecule has 1 atom stereocenters. The monoisotopic (exact) mass is 486 g/mol. The van der Waals surface area contributed by atoms with Crippen molar-refractivity contribution in [3.63, 3.8) is 0 Å². The van der Waals surface area contributed by atoms with Gasteiger partial charge in [-0.05, 0) is 70.2 Å². The third-order valence-corrected chi connectivity index (χ3v) is 8.05. The molecule has 2 saturated heterocycles. The van der Waals surface area contributed by atoms with E-state index in [0.717, 1.165) is 32.0 Å². The second kappa shape index (κ2) is 9.01. The summed E-state index contributed by atoms with van der Waals surface area (Å²) in [4.78, 5) is 33.9. The molecule has 35 heavy (non-hydrogen) atoms. The first-order chi connectivity index (χ1) is 16.7. The molecule has 2 saturated carbocycles. The lowest BCUT2D eigenvalue weighted by molar-refractivity contribution is -0.124. The smallest absolute Gasteiger partial charge is 0.318 e. The number of urea groups is 1. The second-order valence-corrected chi connectivity index (χ2v) is 10.8. The van der Waals surface area contributed by atoms with Gasteiger partial charge in [-0.1, -0.05) is 0 Å². The van der Waals surface area contributed by atoms with Crippen molar-refractivity contribution in [3.8, 4) is 6.07 Å². The van der Waals surface area contributed by atoms with Crippen molar-refractivity contribution >= 4 is 11.9 Å². The molecule has 1 spiro atoms. The Labute approximate surface area is 204 Å². The van der Waals surface area contributed by atoms with Crippen LogP contribution in [0.15, 0.2) is 24.5 Å². The van der Waals surface area contributed by atoms with Gasteiger partial charge in [0.1, 0.15) is 11.6 Å². The number of nitriles is 1. The molecule has 188 valence electrons. The van der Waals surface area contributed by atoms with E-state index in [9.17, 15) is 23.6 Å². The highest BCUT2D eigenvalue weighted by molar-refractivity contribution is 5.88. The third-order valence-electron chi connectivity index (χ3n) is 8.05. The van der Waals surface area contributed by atoms with E-state index >= 15 is 0 Å². The van der Waals surface area contributed by atoms with E-state index in [-0.39, 0.29) is 17.4 Å². The molecule has 2 N–H and O–H groups in total. The topological polar surface area (TPSA) is 101 Å². The predicted octanol–water partition coefficient (Wildman–Crippen LogP) is 2.76. The average molecular weight is 487 g/mol. The first kappa shape index (κ1) is 23.9. The number of nitrogens with zero attached hydrogens (tertiary/aromatic N) is 4. The van der Waals surface area contributed by atoms with Gasteiger partial charge in [0, 0.05) is 48.9 Å². The maximum atomic E-state index is 14.8. The van der Waals surface area contributed by atoms with Crippen LogP contribution >= 0.6 is 0 Å². The van der Waals surface area contributed by atoms with Crippen LogP contribution in [0.4, 0.5) is 13.6 Å². The predicted molar refractivity (Wildman–Crippen MR) is 123 cm³/mol. The van der Waals surface area contributed by atoms with Crippen molar-refractivity contribution in [2.75, 3.05) is 26.2 Å². The summed E-state index contributed by atoms with van der Waals surface area (Å²) in [5, 5.41) is 14.7. The van der Waals surface area contributed by atoms with E-state index in [0.29, 0.717) is 25.9 Å². The summed E-state index contributed by atoms with van der Waals surface area (Å²) < 4.78 is 29.5. The van der Waals surface area contributed by atoms with Crippen LogP contribution in [0.3, 0.4) is 0 Å². The van der Waals surface area contributed by atoms with Gasteiger partial charge in [-0.2, -0.15) is 5.26 Å². The number of halogens is 2. The molecule has 2 aliphatic heterocycles. The number of amides is 3. The Balaban J connectivity index is 1.18.